The van der Waals surface area contributed by atoms with Gasteiger partial charge in [-0.1, -0.05) is 0 Å². The molecule has 1 heterocycles. The number of β-lactam (4-membered cyclic amide) rings is 1. The second-order valence-electron chi connectivity index (χ2n) is 3.60. The van der Waals surface area contributed by atoms with E-state index in [4.69, 9.17) is 5.73 Å². The highest BCUT2D eigenvalue weighted by molar-refractivity contribution is 6.03. The minimum Gasteiger partial charge on any atom is -0.406 e. The summed E-state index contributed by atoms with van der Waals surface area (Å²) in [5.74, 6) is -0.562. The van der Waals surface area contributed by atoms with Crippen LogP contribution >= 0.6 is 0 Å². The summed E-state index contributed by atoms with van der Waals surface area (Å²) in [5, 5.41) is 0. The Bertz CT molecular complexity index is 430. The molecule has 1 aliphatic rings. The molecule has 1 aromatic carbocycles. The van der Waals surface area contributed by atoms with Crippen molar-refractivity contribution in [3.8, 4) is 5.75 Å². The molecule has 0 aromatic heterocycles. The number of hydrogen-bond donors (Lipinski definition) is 1. The van der Waals surface area contributed by atoms with Crippen LogP contribution in [0, 0.1) is 0 Å². The molecular weight excluding hydrogens is 237 g/mol. The van der Waals surface area contributed by atoms with Crippen LogP contribution in [0.3, 0.4) is 0 Å². The summed E-state index contributed by atoms with van der Waals surface area (Å²) in [7, 11) is 0. The number of nitrogens with zero attached hydrogens (tertiary/aromatic N) is 1. The fourth-order valence-corrected chi connectivity index (χ4v) is 1.51. The minimum absolute atomic E-state index is 0.241. The number of benzene rings is 1. The van der Waals surface area contributed by atoms with Gasteiger partial charge in [-0.25, -0.2) is 0 Å². The normalized spacial score (nSPS) is 20.1. The molecule has 2 N–H and O–H groups in total. The number of rotatable bonds is 2. The van der Waals surface area contributed by atoms with Crippen LogP contribution in [0.2, 0.25) is 0 Å². The highest BCUT2D eigenvalue weighted by Crippen LogP contribution is 2.27. The zero-order valence-electron chi connectivity index (χ0n) is 8.57. The van der Waals surface area contributed by atoms with Gasteiger partial charge in [0.25, 0.3) is 0 Å². The second kappa shape index (κ2) is 3.92. The van der Waals surface area contributed by atoms with Crippen molar-refractivity contribution < 1.29 is 22.7 Å². The number of alkyl halides is 3. The number of anilines is 1. The number of amides is 1. The van der Waals surface area contributed by atoms with Crippen LogP contribution in [0.4, 0.5) is 18.9 Å². The minimum atomic E-state index is -4.71. The van der Waals surface area contributed by atoms with Gasteiger partial charge in [0, 0.05) is 5.69 Å². The number of hydrogen-bond acceptors (Lipinski definition) is 3. The Balaban J connectivity index is 2.06. The maximum absolute atomic E-state index is 11.9. The lowest BCUT2D eigenvalue weighted by Gasteiger charge is -2.36. The van der Waals surface area contributed by atoms with Crippen LogP contribution < -0.4 is 15.4 Å². The summed E-state index contributed by atoms with van der Waals surface area (Å²) >= 11 is 0. The average Bonchev–Trinajstić information content (AvgIpc) is 2.25. The molecule has 0 spiro atoms. The Morgan fingerprint density at radius 1 is 1.29 bits per heavy atom. The summed E-state index contributed by atoms with van der Waals surface area (Å²) in [6, 6.07) is 4.55. The summed E-state index contributed by atoms with van der Waals surface area (Å²) in [6.07, 6.45) is -4.71. The van der Waals surface area contributed by atoms with Gasteiger partial charge in [-0.2, -0.15) is 0 Å². The number of nitrogens with two attached hydrogens (primary N) is 1. The van der Waals surface area contributed by atoms with Crippen LogP contribution in [0.15, 0.2) is 24.3 Å². The Morgan fingerprint density at radius 2 is 1.88 bits per heavy atom. The Labute approximate surface area is 94.8 Å². The fourth-order valence-electron chi connectivity index (χ4n) is 1.51. The Kier molecular flexibility index (Phi) is 2.70. The molecule has 1 atom stereocenters. The molecule has 1 fully saturated rings. The molecule has 1 aromatic rings. The standard InChI is InChI=1S/C10H9F3N2O2/c11-10(12,13)17-7-3-1-6(2-4-7)15-5-8(14)9(15)16/h1-4,8H,5,14H2. The Morgan fingerprint density at radius 3 is 2.29 bits per heavy atom. The summed E-state index contributed by atoms with van der Waals surface area (Å²) in [6.45, 7) is 0.373. The highest BCUT2D eigenvalue weighted by Gasteiger charge is 2.35. The molecule has 0 saturated carbocycles. The monoisotopic (exact) mass is 246 g/mol. The van der Waals surface area contributed by atoms with Crippen LogP contribution in [-0.4, -0.2) is 24.9 Å². The van der Waals surface area contributed by atoms with Gasteiger partial charge in [-0.3, -0.25) is 4.79 Å². The van der Waals surface area contributed by atoms with Crippen molar-refractivity contribution in [2.24, 2.45) is 5.73 Å². The third kappa shape index (κ3) is 2.50. The Hall–Kier alpha value is -1.76. The number of carbonyl (C=O) groups excluding carboxylic acids is 1. The van der Waals surface area contributed by atoms with E-state index in [1.165, 1.54) is 17.0 Å². The van der Waals surface area contributed by atoms with Gasteiger partial charge >= 0.3 is 6.36 Å². The van der Waals surface area contributed by atoms with Crippen molar-refractivity contribution in [2.45, 2.75) is 12.4 Å². The van der Waals surface area contributed by atoms with Gasteiger partial charge < -0.3 is 15.4 Å². The van der Waals surface area contributed by atoms with E-state index in [0.29, 0.717) is 12.2 Å². The summed E-state index contributed by atoms with van der Waals surface area (Å²) < 4.78 is 39.4. The molecule has 4 nitrogen and oxygen atoms in total. The van der Waals surface area contributed by atoms with Crippen molar-refractivity contribution >= 4 is 11.6 Å². The van der Waals surface area contributed by atoms with Crippen LogP contribution in [0.1, 0.15) is 0 Å². The molecular formula is C10H9F3N2O2. The average molecular weight is 246 g/mol. The predicted octanol–water partition coefficient (Wildman–Crippen LogP) is 1.26. The quantitative estimate of drug-likeness (QED) is 0.799. The molecule has 0 radical (unpaired) electrons. The van der Waals surface area contributed by atoms with Crippen LogP contribution in [0.5, 0.6) is 5.75 Å². The van der Waals surface area contributed by atoms with Crippen molar-refractivity contribution in [1.82, 2.24) is 0 Å². The predicted molar refractivity (Wildman–Crippen MR) is 53.5 cm³/mol. The lowest BCUT2D eigenvalue weighted by Crippen LogP contribution is -2.61. The first-order valence-corrected chi connectivity index (χ1v) is 4.79. The van der Waals surface area contributed by atoms with Gasteiger partial charge in [-0.15, -0.1) is 13.2 Å². The third-order valence-corrected chi connectivity index (χ3v) is 2.34. The van der Waals surface area contributed by atoms with Crippen molar-refractivity contribution in [3.63, 3.8) is 0 Å². The zero-order valence-corrected chi connectivity index (χ0v) is 8.57. The van der Waals surface area contributed by atoms with E-state index in [-0.39, 0.29) is 11.7 Å². The molecule has 0 aliphatic carbocycles. The highest BCUT2D eigenvalue weighted by atomic mass is 19.4. The van der Waals surface area contributed by atoms with Gasteiger partial charge in [0.2, 0.25) is 5.91 Å². The van der Waals surface area contributed by atoms with Crippen molar-refractivity contribution in [3.05, 3.63) is 24.3 Å². The largest absolute Gasteiger partial charge is 0.573 e. The van der Waals surface area contributed by atoms with Crippen LogP contribution in [-0.2, 0) is 4.79 Å². The van der Waals surface area contributed by atoms with Gasteiger partial charge in [-0.05, 0) is 24.3 Å². The van der Waals surface area contributed by atoms with Gasteiger partial charge in [0.1, 0.15) is 11.8 Å². The van der Waals surface area contributed by atoms with E-state index >= 15 is 0 Å². The molecule has 1 saturated heterocycles. The first-order valence-electron chi connectivity index (χ1n) is 4.79. The fraction of sp³-hybridized carbons (Fsp3) is 0.300. The molecule has 1 unspecified atom stereocenters. The zero-order chi connectivity index (χ0) is 12.6. The smallest absolute Gasteiger partial charge is 0.406 e. The number of ether oxygens (including phenoxy) is 1. The van der Waals surface area contributed by atoms with Crippen LogP contribution in [0.25, 0.3) is 0 Å². The first-order chi connectivity index (χ1) is 7.87. The molecule has 92 valence electrons. The summed E-state index contributed by atoms with van der Waals surface area (Å²) in [4.78, 5) is 12.7. The molecule has 7 heteroatoms. The van der Waals surface area contributed by atoms with Crippen molar-refractivity contribution in [1.29, 1.82) is 0 Å². The van der Waals surface area contributed by atoms with E-state index in [0.717, 1.165) is 12.1 Å². The molecule has 2 rings (SSSR count). The van der Waals surface area contributed by atoms with Gasteiger partial charge in [0.05, 0.1) is 6.54 Å². The van der Waals surface area contributed by atoms with E-state index in [2.05, 4.69) is 4.74 Å². The molecule has 1 aliphatic heterocycles. The second-order valence-corrected chi connectivity index (χ2v) is 3.60. The number of halogens is 3. The van der Waals surface area contributed by atoms with E-state index in [1.807, 2.05) is 0 Å². The van der Waals surface area contributed by atoms with E-state index in [9.17, 15) is 18.0 Å². The van der Waals surface area contributed by atoms with Gasteiger partial charge in [0.15, 0.2) is 0 Å². The SMILES string of the molecule is NC1CN(c2ccc(OC(F)(F)F)cc2)C1=O. The maximum atomic E-state index is 11.9. The molecule has 17 heavy (non-hydrogen) atoms. The third-order valence-electron chi connectivity index (χ3n) is 2.34. The molecule has 1 amide bonds. The van der Waals surface area contributed by atoms with Crippen molar-refractivity contribution in [2.75, 3.05) is 11.4 Å². The number of carbonyl (C=O) groups is 1. The van der Waals surface area contributed by atoms with E-state index < -0.39 is 12.4 Å². The summed E-state index contributed by atoms with van der Waals surface area (Å²) in [5.41, 5.74) is 5.90. The topological polar surface area (TPSA) is 55.6 Å². The van der Waals surface area contributed by atoms with E-state index in [1.54, 1.807) is 0 Å². The lowest BCUT2D eigenvalue weighted by molar-refractivity contribution is -0.274. The molecule has 0 bridgehead atoms. The lowest BCUT2D eigenvalue weighted by atomic mass is 10.1. The maximum Gasteiger partial charge on any atom is 0.573 e. The first kappa shape index (κ1) is 11.7.